The van der Waals surface area contributed by atoms with Gasteiger partial charge in [-0.25, -0.2) is 4.79 Å². The van der Waals surface area contributed by atoms with Crippen molar-refractivity contribution in [1.29, 1.82) is 0 Å². The summed E-state index contributed by atoms with van der Waals surface area (Å²) in [5.41, 5.74) is 8.56. The highest BCUT2D eigenvalue weighted by Crippen LogP contribution is 2.20. The van der Waals surface area contributed by atoms with Gasteiger partial charge in [-0.2, -0.15) is 0 Å². The van der Waals surface area contributed by atoms with Crippen LogP contribution in [0.5, 0.6) is 0 Å². The third-order valence-corrected chi connectivity index (χ3v) is 2.73. The molecule has 1 rings (SSSR count). The highest BCUT2D eigenvalue weighted by molar-refractivity contribution is 6.02. The van der Waals surface area contributed by atoms with Crippen molar-refractivity contribution < 1.29 is 4.79 Å². The van der Waals surface area contributed by atoms with E-state index in [2.05, 4.69) is 22.5 Å². The number of urea groups is 1. The molecule has 0 aromatic heterocycles. The van der Waals surface area contributed by atoms with Crippen LogP contribution in [0.15, 0.2) is 23.2 Å². The molecule has 0 saturated heterocycles. The molecule has 0 bridgehead atoms. The van der Waals surface area contributed by atoms with Crippen LogP contribution >= 0.6 is 0 Å². The summed E-state index contributed by atoms with van der Waals surface area (Å²) in [4.78, 5) is 15.8. The first-order valence-corrected chi connectivity index (χ1v) is 6.54. The molecule has 1 aromatic carbocycles. The summed E-state index contributed by atoms with van der Waals surface area (Å²) in [6.07, 6.45) is 1.75. The number of hydrogen-bond donors (Lipinski definition) is 3. The largest absolute Gasteiger partial charge is 0.370 e. The van der Waals surface area contributed by atoms with Crippen molar-refractivity contribution in [2.75, 3.05) is 11.9 Å². The molecule has 19 heavy (non-hydrogen) atoms. The number of guanidine groups is 1. The molecule has 0 aliphatic carbocycles. The van der Waals surface area contributed by atoms with Gasteiger partial charge in [-0.3, -0.25) is 10.3 Å². The molecular formula is C14H22N4O. The van der Waals surface area contributed by atoms with Crippen LogP contribution in [-0.2, 0) is 6.42 Å². The van der Waals surface area contributed by atoms with E-state index >= 15 is 0 Å². The lowest BCUT2D eigenvalue weighted by Crippen LogP contribution is -2.40. The zero-order valence-corrected chi connectivity index (χ0v) is 11.8. The van der Waals surface area contributed by atoms with E-state index < -0.39 is 0 Å². The van der Waals surface area contributed by atoms with Gasteiger partial charge >= 0.3 is 6.03 Å². The van der Waals surface area contributed by atoms with Crippen molar-refractivity contribution in [3.8, 4) is 0 Å². The maximum absolute atomic E-state index is 11.8. The molecule has 0 saturated carbocycles. The number of nitrogens with one attached hydrogen (secondary N) is 2. The van der Waals surface area contributed by atoms with Crippen molar-refractivity contribution >= 4 is 17.7 Å². The van der Waals surface area contributed by atoms with Gasteiger partial charge in [-0.15, -0.1) is 0 Å². The Morgan fingerprint density at radius 3 is 2.74 bits per heavy atom. The molecule has 2 amide bonds. The number of amides is 2. The summed E-state index contributed by atoms with van der Waals surface area (Å²) in [7, 11) is 0. The average Bonchev–Trinajstić information content (AvgIpc) is 2.38. The number of benzene rings is 1. The summed E-state index contributed by atoms with van der Waals surface area (Å²) >= 11 is 0. The Bertz CT molecular complexity index is 469. The number of aryl methyl sites for hydroxylation is 2. The van der Waals surface area contributed by atoms with Crippen molar-refractivity contribution in [2.45, 2.75) is 33.6 Å². The standard InChI is InChI=1S/C14H22N4O/c1-4-9-16-13(15)18-14(19)17-12-10(3)7-6-8-11(12)5-2/h6-8H,4-5,9H2,1-3H3,(H4,15,16,17,18,19). The van der Waals surface area contributed by atoms with E-state index in [1.54, 1.807) is 0 Å². The van der Waals surface area contributed by atoms with E-state index in [1.165, 1.54) is 0 Å². The Labute approximate surface area is 114 Å². The van der Waals surface area contributed by atoms with E-state index in [1.807, 2.05) is 32.0 Å². The zero-order chi connectivity index (χ0) is 14.3. The molecule has 4 N–H and O–H groups in total. The topological polar surface area (TPSA) is 79.5 Å². The lowest BCUT2D eigenvalue weighted by molar-refractivity contribution is 0.256. The smallest absolute Gasteiger partial charge is 0.326 e. The number of carbonyl (C=O) groups is 1. The molecule has 5 nitrogen and oxygen atoms in total. The van der Waals surface area contributed by atoms with Gasteiger partial charge in [-0.1, -0.05) is 32.0 Å². The minimum atomic E-state index is -0.360. The molecule has 0 heterocycles. The Balaban J connectivity index is 2.72. The number of carbonyl (C=O) groups excluding carboxylic acids is 1. The Hall–Kier alpha value is -2.04. The Kier molecular flexibility index (Phi) is 5.85. The minimum Gasteiger partial charge on any atom is -0.370 e. The second kappa shape index (κ2) is 7.41. The van der Waals surface area contributed by atoms with Crippen molar-refractivity contribution in [2.24, 2.45) is 10.7 Å². The molecule has 5 heteroatoms. The highest BCUT2D eigenvalue weighted by atomic mass is 16.2. The quantitative estimate of drug-likeness (QED) is 0.575. The number of nitrogens with two attached hydrogens (primary N) is 1. The second-order valence-electron chi connectivity index (χ2n) is 4.31. The maximum Gasteiger partial charge on any atom is 0.326 e. The minimum absolute atomic E-state index is 0.144. The number of aliphatic imine (C=N–C) groups is 1. The first-order chi connectivity index (χ1) is 9.08. The van der Waals surface area contributed by atoms with E-state index in [9.17, 15) is 4.79 Å². The fourth-order valence-corrected chi connectivity index (χ4v) is 1.73. The number of para-hydroxylation sites is 1. The van der Waals surface area contributed by atoms with Crippen LogP contribution in [0.4, 0.5) is 10.5 Å². The summed E-state index contributed by atoms with van der Waals surface area (Å²) in [6, 6.07) is 5.58. The van der Waals surface area contributed by atoms with Crippen LogP contribution in [0.3, 0.4) is 0 Å². The van der Waals surface area contributed by atoms with E-state index in [4.69, 9.17) is 5.73 Å². The third-order valence-electron chi connectivity index (χ3n) is 2.73. The van der Waals surface area contributed by atoms with Crippen molar-refractivity contribution in [1.82, 2.24) is 5.32 Å². The van der Waals surface area contributed by atoms with E-state index in [-0.39, 0.29) is 12.0 Å². The molecule has 0 aliphatic rings. The molecule has 0 fully saturated rings. The Morgan fingerprint density at radius 1 is 1.37 bits per heavy atom. The molecule has 0 aliphatic heterocycles. The van der Waals surface area contributed by atoms with E-state index in [0.717, 1.165) is 29.7 Å². The van der Waals surface area contributed by atoms with Gasteiger partial charge in [0.05, 0.1) is 0 Å². The van der Waals surface area contributed by atoms with Crippen LogP contribution < -0.4 is 16.4 Å². The summed E-state index contributed by atoms with van der Waals surface area (Å²) in [5, 5.41) is 5.35. The second-order valence-corrected chi connectivity index (χ2v) is 4.31. The Morgan fingerprint density at radius 2 is 2.11 bits per heavy atom. The zero-order valence-electron chi connectivity index (χ0n) is 11.8. The predicted octanol–water partition coefficient (Wildman–Crippen LogP) is 2.40. The third kappa shape index (κ3) is 4.62. The predicted molar refractivity (Wildman–Crippen MR) is 79.5 cm³/mol. The molecule has 1 aromatic rings. The van der Waals surface area contributed by atoms with Gasteiger partial charge in [0, 0.05) is 12.2 Å². The van der Waals surface area contributed by atoms with Crippen molar-refractivity contribution in [3.63, 3.8) is 0 Å². The van der Waals surface area contributed by atoms with Gasteiger partial charge in [0.2, 0.25) is 0 Å². The fraction of sp³-hybridized carbons (Fsp3) is 0.429. The molecule has 0 radical (unpaired) electrons. The highest BCUT2D eigenvalue weighted by Gasteiger charge is 2.08. The van der Waals surface area contributed by atoms with E-state index in [0.29, 0.717) is 6.54 Å². The normalized spacial score (nSPS) is 11.2. The molecule has 0 unspecified atom stereocenters. The van der Waals surface area contributed by atoms with Crippen LogP contribution in [-0.4, -0.2) is 18.5 Å². The summed E-state index contributed by atoms with van der Waals surface area (Å²) in [5.74, 6) is 0.144. The molecule has 0 spiro atoms. The number of nitrogens with zero attached hydrogens (tertiary/aromatic N) is 1. The van der Waals surface area contributed by atoms with Crippen LogP contribution in [0, 0.1) is 6.92 Å². The SMILES string of the molecule is CCCN=C(N)NC(=O)Nc1c(C)cccc1CC. The fourth-order valence-electron chi connectivity index (χ4n) is 1.73. The molecule has 104 valence electrons. The van der Waals surface area contributed by atoms with Gasteiger partial charge in [0.15, 0.2) is 5.96 Å². The van der Waals surface area contributed by atoms with Gasteiger partial charge < -0.3 is 11.1 Å². The van der Waals surface area contributed by atoms with Gasteiger partial charge in [0.1, 0.15) is 0 Å². The lowest BCUT2D eigenvalue weighted by atomic mass is 10.1. The summed E-state index contributed by atoms with van der Waals surface area (Å²) < 4.78 is 0. The number of hydrogen-bond acceptors (Lipinski definition) is 2. The van der Waals surface area contributed by atoms with Crippen LogP contribution in [0.2, 0.25) is 0 Å². The number of anilines is 1. The maximum atomic E-state index is 11.8. The van der Waals surface area contributed by atoms with Crippen molar-refractivity contribution in [3.05, 3.63) is 29.3 Å². The first kappa shape index (κ1) is 15.0. The molecule has 0 atom stereocenters. The van der Waals surface area contributed by atoms with Gasteiger partial charge in [0.25, 0.3) is 0 Å². The molecular weight excluding hydrogens is 240 g/mol. The van der Waals surface area contributed by atoms with Crippen LogP contribution in [0.25, 0.3) is 0 Å². The van der Waals surface area contributed by atoms with Crippen LogP contribution in [0.1, 0.15) is 31.4 Å². The monoisotopic (exact) mass is 262 g/mol. The van der Waals surface area contributed by atoms with Gasteiger partial charge in [-0.05, 0) is 30.9 Å². The first-order valence-electron chi connectivity index (χ1n) is 6.54. The lowest BCUT2D eigenvalue weighted by Gasteiger charge is -2.13. The average molecular weight is 262 g/mol. The summed E-state index contributed by atoms with van der Waals surface area (Å²) in [6.45, 7) is 6.62. The number of rotatable bonds is 4.